The van der Waals surface area contributed by atoms with Gasteiger partial charge < -0.3 is 13.9 Å². The van der Waals surface area contributed by atoms with Gasteiger partial charge in [0.05, 0.1) is 16.6 Å². The normalized spacial score (nSPS) is 16.8. The van der Waals surface area contributed by atoms with E-state index >= 15 is 0 Å². The van der Waals surface area contributed by atoms with Crippen molar-refractivity contribution in [3.05, 3.63) is 57.9 Å². The highest BCUT2D eigenvalue weighted by atomic mass is 35.5. The molecule has 1 atom stereocenters. The minimum Gasteiger partial charge on any atom is -0.361 e. The Bertz CT molecular complexity index is 1040. The van der Waals surface area contributed by atoms with E-state index in [2.05, 4.69) is 10.3 Å². The smallest absolute Gasteiger partial charge is 0.260 e. The van der Waals surface area contributed by atoms with E-state index in [0.717, 1.165) is 24.3 Å². The quantitative estimate of drug-likeness (QED) is 0.558. The Balaban J connectivity index is 1.72. The highest BCUT2D eigenvalue weighted by Gasteiger charge is 2.36. The lowest BCUT2D eigenvalue weighted by molar-refractivity contribution is 0.0729. The van der Waals surface area contributed by atoms with Crippen molar-refractivity contribution in [2.24, 2.45) is 0 Å². The summed E-state index contributed by atoms with van der Waals surface area (Å²) in [5, 5.41) is 8.29. The molecule has 0 unspecified atom stereocenters. The van der Waals surface area contributed by atoms with Crippen LogP contribution in [0.1, 0.15) is 66.2 Å². The Morgan fingerprint density at radius 2 is 2.10 bits per heavy atom. The van der Waals surface area contributed by atoms with E-state index in [9.17, 15) is 9.18 Å². The van der Waals surface area contributed by atoms with E-state index in [4.69, 9.17) is 20.6 Å². The molecule has 29 heavy (non-hydrogen) atoms. The minimum absolute atomic E-state index is 0.0636. The van der Waals surface area contributed by atoms with Crippen molar-refractivity contribution in [2.75, 3.05) is 6.54 Å². The van der Waals surface area contributed by atoms with Gasteiger partial charge in [0.15, 0.2) is 0 Å². The van der Waals surface area contributed by atoms with Gasteiger partial charge in [-0.1, -0.05) is 41.8 Å². The number of nitrogens with zero attached hydrogens (tertiary/aromatic N) is 3. The van der Waals surface area contributed by atoms with E-state index in [-0.39, 0.29) is 39.7 Å². The average molecular weight is 418 g/mol. The fraction of sp³-hybridized carbons (Fsp3) is 0.381. The van der Waals surface area contributed by atoms with Gasteiger partial charge in [-0.25, -0.2) is 4.39 Å². The minimum atomic E-state index is -0.559. The zero-order chi connectivity index (χ0) is 20.7. The zero-order valence-corrected chi connectivity index (χ0v) is 17.2. The van der Waals surface area contributed by atoms with Crippen LogP contribution in [0.3, 0.4) is 0 Å². The van der Waals surface area contributed by atoms with Crippen molar-refractivity contribution in [1.29, 1.82) is 0 Å². The Kier molecular flexibility index (Phi) is 5.17. The fourth-order valence-corrected chi connectivity index (χ4v) is 3.97. The van der Waals surface area contributed by atoms with Crippen LogP contribution in [-0.4, -0.2) is 27.7 Å². The molecule has 8 heteroatoms. The second kappa shape index (κ2) is 7.63. The molecule has 1 aliphatic rings. The topological polar surface area (TPSA) is 72.4 Å². The van der Waals surface area contributed by atoms with Crippen molar-refractivity contribution in [2.45, 2.75) is 45.6 Å². The number of likely N-dealkylation sites (tertiary alicyclic amines) is 1. The molecule has 1 amide bonds. The van der Waals surface area contributed by atoms with Crippen LogP contribution in [0.15, 0.2) is 33.3 Å². The van der Waals surface area contributed by atoms with Crippen LogP contribution in [0.25, 0.3) is 11.3 Å². The molecule has 2 aromatic heterocycles. The second-order valence-electron chi connectivity index (χ2n) is 7.52. The third-order valence-electron chi connectivity index (χ3n) is 5.25. The molecule has 0 N–H and O–H groups in total. The number of aryl methyl sites for hydroxylation is 1. The number of carbonyl (C=O) groups is 1. The number of benzene rings is 1. The van der Waals surface area contributed by atoms with Crippen LogP contribution in [0.5, 0.6) is 0 Å². The van der Waals surface area contributed by atoms with Gasteiger partial charge in [-0.3, -0.25) is 4.79 Å². The van der Waals surface area contributed by atoms with Gasteiger partial charge in [-0.2, -0.15) is 0 Å². The summed E-state index contributed by atoms with van der Waals surface area (Å²) in [5.41, 5.74) is 1.12. The standard InChI is InChI=1S/C21H21ClFN3O3/c1-11(2)17-10-15(24-29-17)16-8-5-9-26(16)21(27)18-12(3)28-25-20(18)19-13(22)6-4-7-14(19)23/h4,6-7,10-11,16H,5,8-9H2,1-3H3/t16-/m1/s1. The molecule has 1 aromatic carbocycles. The van der Waals surface area contributed by atoms with E-state index in [1.165, 1.54) is 12.1 Å². The predicted octanol–water partition coefficient (Wildman–Crippen LogP) is 5.53. The van der Waals surface area contributed by atoms with E-state index in [1.54, 1.807) is 17.9 Å². The molecule has 1 saturated heterocycles. The first kappa shape index (κ1) is 19.6. The monoisotopic (exact) mass is 417 g/mol. The molecule has 152 valence electrons. The van der Waals surface area contributed by atoms with Crippen molar-refractivity contribution >= 4 is 17.5 Å². The highest BCUT2D eigenvalue weighted by molar-refractivity contribution is 6.33. The van der Waals surface area contributed by atoms with Crippen LogP contribution >= 0.6 is 11.6 Å². The SMILES string of the molecule is Cc1onc(-c2c(F)cccc2Cl)c1C(=O)N1CCC[C@@H]1c1cc(C(C)C)on1. The van der Waals surface area contributed by atoms with Gasteiger partial charge in [0, 0.05) is 18.5 Å². The van der Waals surface area contributed by atoms with Crippen LogP contribution in [0.4, 0.5) is 4.39 Å². The first-order chi connectivity index (χ1) is 13.9. The summed E-state index contributed by atoms with van der Waals surface area (Å²) in [7, 11) is 0. The summed E-state index contributed by atoms with van der Waals surface area (Å²) in [4.78, 5) is 15.2. The first-order valence-corrected chi connectivity index (χ1v) is 9.94. The zero-order valence-electron chi connectivity index (χ0n) is 16.4. The van der Waals surface area contributed by atoms with Crippen molar-refractivity contribution in [3.63, 3.8) is 0 Å². The number of halogens is 2. The molecule has 6 nitrogen and oxygen atoms in total. The summed E-state index contributed by atoms with van der Waals surface area (Å²) in [6.07, 6.45) is 1.61. The highest BCUT2D eigenvalue weighted by Crippen LogP contribution is 2.38. The molecule has 3 heterocycles. The average Bonchev–Trinajstić information content (AvgIpc) is 3.40. The van der Waals surface area contributed by atoms with Gasteiger partial charge >= 0.3 is 0 Å². The maximum absolute atomic E-state index is 14.5. The molecule has 1 aliphatic heterocycles. The first-order valence-electron chi connectivity index (χ1n) is 9.56. The van der Waals surface area contributed by atoms with Gasteiger partial charge in [0.25, 0.3) is 5.91 Å². The molecule has 0 bridgehead atoms. The Labute approximate surface area is 172 Å². The number of amides is 1. The van der Waals surface area contributed by atoms with Gasteiger partial charge in [-0.05, 0) is 31.9 Å². The summed E-state index contributed by atoms with van der Waals surface area (Å²) in [5.74, 6) is 0.458. The van der Waals surface area contributed by atoms with Crippen molar-refractivity contribution < 1.29 is 18.2 Å². The fourth-order valence-electron chi connectivity index (χ4n) is 3.71. The van der Waals surface area contributed by atoms with Crippen LogP contribution in [0.2, 0.25) is 5.02 Å². The van der Waals surface area contributed by atoms with Crippen LogP contribution in [-0.2, 0) is 0 Å². The molecule has 0 spiro atoms. The third kappa shape index (κ3) is 3.44. The number of hydrogen-bond donors (Lipinski definition) is 0. The van der Waals surface area contributed by atoms with E-state index < -0.39 is 5.82 Å². The summed E-state index contributed by atoms with van der Waals surface area (Å²) in [6, 6.07) is 6.02. The van der Waals surface area contributed by atoms with Crippen molar-refractivity contribution in [1.82, 2.24) is 15.2 Å². The molecular weight excluding hydrogens is 397 g/mol. The van der Waals surface area contributed by atoms with Crippen LogP contribution in [0, 0.1) is 12.7 Å². The second-order valence-corrected chi connectivity index (χ2v) is 7.93. The van der Waals surface area contributed by atoms with Gasteiger partial charge in [-0.15, -0.1) is 0 Å². The number of hydrogen-bond acceptors (Lipinski definition) is 5. The van der Waals surface area contributed by atoms with Gasteiger partial charge in [0.1, 0.15) is 34.3 Å². The van der Waals surface area contributed by atoms with Crippen LogP contribution < -0.4 is 0 Å². The predicted molar refractivity (Wildman–Crippen MR) is 105 cm³/mol. The maximum Gasteiger partial charge on any atom is 0.260 e. The van der Waals surface area contributed by atoms with Crippen molar-refractivity contribution in [3.8, 4) is 11.3 Å². The Hall–Kier alpha value is -2.67. The Morgan fingerprint density at radius 3 is 2.79 bits per heavy atom. The summed E-state index contributed by atoms with van der Waals surface area (Å²) >= 11 is 6.20. The number of rotatable bonds is 4. The third-order valence-corrected chi connectivity index (χ3v) is 5.56. The maximum atomic E-state index is 14.5. The van der Waals surface area contributed by atoms with Gasteiger partial charge in [0.2, 0.25) is 0 Å². The molecule has 3 aromatic rings. The number of aromatic nitrogens is 2. The lowest BCUT2D eigenvalue weighted by atomic mass is 10.0. The number of carbonyl (C=O) groups excluding carboxylic acids is 1. The largest absolute Gasteiger partial charge is 0.361 e. The molecule has 0 saturated carbocycles. The molecular formula is C21H21ClFN3O3. The molecule has 0 aliphatic carbocycles. The summed E-state index contributed by atoms with van der Waals surface area (Å²) < 4.78 is 25.2. The molecule has 0 radical (unpaired) electrons. The van der Waals surface area contributed by atoms with E-state index in [0.29, 0.717) is 12.3 Å². The summed E-state index contributed by atoms with van der Waals surface area (Å²) in [6.45, 7) is 6.23. The van der Waals surface area contributed by atoms with E-state index in [1.807, 2.05) is 19.9 Å². The molecule has 4 rings (SSSR count). The molecule has 1 fully saturated rings. The lowest BCUT2D eigenvalue weighted by Crippen LogP contribution is -2.31. The Morgan fingerprint density at radius 1 is 1.31 bits per heavy atom. The lowest BCUT2D eigenvalue weighted by Gasteiger charge is -2.23.